The lowest BCUT2D eigenvalue weighted by molar-refractivity contribution is -0.870. The molecule has 1 amide bonds. The summed E-state index contributed by atoms with van der Waals surface area (Å²) in [6, 6.07) is -0.886. The summed E-state index contributed by atoms with van der Waals surface area (Å²) < 4.78 is 23.3. The summed E-state index contributed by atoms with van der Waals surface area (Å²) in [6.45, 7) is 4.68. The predicted molar refractivity (Wildman–Crippen MR) is 279 cm³/mol. The van der Waals surface area contributed by atoms with E-state index < -0.39 is 20.0 Å². The summed E-state index contributed by atoms with van der Waals surface area (Å²) in [5, 5.41) is 13.9. The third kappa shape index (κ3) is 50.7. The lowest BCUT2D eigenvalue weighted by Gasteiger charge is -2.29. The molecule has 65 heavy (non-hydrogen) atoms. The van der Waals surface area contributed by atoms with Gasteiger partial charge in [0.05, 0.1) is 39.9 Å². The van der Waals surface area contributed by atoms with Gasteiger partial charge >= 0.3 is 0 Å². The van der Waals surface area contributed by atoms with Gasteiger partial charge in [-0.3, -0.25) is 9.36 Å². The van der Waals surface area contributed by atoms with Gasteiger partial charge in [0.15, 0.2) is 0 Å². The standard InChI is InChI=1S/C56H111N2O6P/c1-6-8-10-12-14-16-18-20-22-24-26-27-28-29-30-31-32-34-36-38-40-42-44-46-48-50-56(60)57-54(53-64-65(61,62)63-52-51-58(3,4)5)55(59)49-47-45-43-41-39-37-35-33-25-23-21-19-17-15-13-11-9-7-2/h29-30,47,49,54-55,59H,6-28,31-46,48,50-53H2,1-5H3,(H-,57,60,61,62)/b30-29-,49-47+. The summed E-state index contributed by atoms with van der Waals surface area (Å²) >= 11 is 0. The Labute approximate surface area is 404 Å². The number of allylic oxidation sites excluding steroid dienone is 3. The van der Waals surface area contributed by atoms with Crippen molar-refractivity contribution in [3.05, 3.63) is 24.3 Å². The first-order valence-electron chi connectivity index (χ1n) is 28.2. The Morgan fingerprint density at radius 1 is 0.523 bits per heavy atom. The van der Waals surface area contributed by atoms with Gasteiger partial charge in [-0.25, -0.2) is 0 Å². The third-order valence-corrected chi connectivity index (χ3v) is 13.9. The quantitative estimate of drug-likeness (QED) is 0.0272. The van der Waals surface area contributed by atoms with Crippen molar-refractivity contribution in [3.63, 3.8) is 0 Å². The second kappa shape index (κ2) is 48.0. The molecule has 0 heterocycles. The minimum atomic E-state index is -4.59. The molecule has 2 N–H and O–H groups in total. The van der Waals surface area contributed by atoms with E-state index in [4.69, 9.17) is 9.05 Å². The van der Waals surface area contributed by atoms with Gasteiger partial charge in [0.25, 0.3) is 7.82 Å². The fraction of sp³-hybridized carbons (Fsp3) is 0.911. The van der Waals surface area contributed by atoms with Crippen molar-refractivity contribution >= 4 is 13.7 Å². The number of rotatable bonds is 52. The molecule has 0 saturated carbocycles. The highest BCUT2D eigenvalue weighted by molar-refractivity contribution is 7.45. The number of carbonyl (C=O) groups is 1. The van der Waals surface area contributed by atoms with E-state index in [9.17, 15) is 19.4 Å². The number of nitrogens with zero attached hydrogens (tertiary/aromatic N) is 1. The monoisotopic (exact) mass is 939 g/mol. The van der Waals surface area contributed by atoms with Crippen molar-refractivity contribution in [3.8, 4) is 0 Å². The van der Waals surface area contributed by atoms with Crippen molar-refractivity contribution in [1.82, 2.24) is 5.32 Å². The molecule has 9 heteroatoms. The van der Waals surface area contributed by atoms with E-state index in [-0.39, 0.29) is 19.1 Å². The average molecular weight is 939 g/mol. The zero-order valence-corrected chi connectivity index (χ0v) is 44.9. The van der Waals surface area contributed by atoms with E-state index in [0.29, 0.717) is 17.4 Å². The van der Waals surface area contributed by atoms with Crippen LogP contribution in [0.2, 0.25) is 0 Å². The molecule has 0 bridgehead atoms. The van der Waals surface area contributed by atoms with Crippen molar-refractivity contribution in [1.29, 1.82) is 0 Å². The topological polar surface area (TPSA) is 108 Å². The van der Waals surface area contributed by atoms with Crippen molar-refractivity contribution < 1.29 is 32.9 Å². The average Bonchev–Trinajstić information content (AvgIpc) is 3.26. The molecule has 0 radical (unpaired) electrons. The molecule has 0 aliphatic heterocycles. The highest BCUT2D eigenvalue weighted by Gasteiger charge is 2.23. The molecule has 0 saturated heterocycles. The molecule has 8 nitrogen and oxygen atoms in total. The van der Waals surface area contributed by atoms with Crippen LogP contribution in [-0.4, -0.2) is 68.5 Å². The molecular formula is C56H111N2O6P. The smallest absolute Gasteiger partial charge is 0.268 e. The largest absolute Gasteiger partial charge is 0.756 e. The summed E-state index contributed by atoms with van der Waals surface area (Å²) in [7, 11) is 1.27. The Bertz CT molecular complexity index is 1110. The van der Waals surface area contributed by atoms with Crippen LogP contribution in [0.4, 0.5) is 0 Å². The van der Waals surface area contributed by atoms with Crippen LogP contribution in [0, 0.1) is 0 Å². The number of carbonyl (C=O) groups excluding carboxylic acids is 1. The number of hydrogen-bond acceptors (Lipinski definition) is 6. The number of aliphatic hydroxyl groups excluding tert-OH is 1. The lowest BCUT2D eigenvalue weighted by atomic mass is 10.0. The number of amides is 1. The third-order valence-electron chi connectivity index (χ3n) is 12.9. The van der Waals surface area contributed by atoms with Gasteiger partial charge in [0, 0.05) is 6.42 Å². The second-order valence-electron chi connectivity index (χ2n) is 20.6. The molecule has 0 spiro atoms. The number of phosphoric ester groups is 1. The molecule has 0 fully saturated rings. The number of aliphatic hydroxyl groups is 1. The first-order valence-corrected chi connectivity index (χ1v) is 29.7. The van der Waals surface area contributed by atoms with Crippen LogP contribution >= 0.6 is 7.82 Å². The Kier molecular flexibility index (Phi) is 47.3. The molecule has 0 rings (SSSR count). The van der Waals surface area contributed by atoms with E-state index in [0.717, 1.165) is 38.5 Å². The van der Waals surface area contributed by atoms with Crippen LogP contribution in [-0.2, 0) is 18.4 Å². The van der Waals surface area contributed by atoms with Crippen molar-refractivity contribution in [2.24, 2.45) is 0 Å². The molecular weight excluding hydrogens is 828 g/mol. The number of phosphoric acid groups is 1. The Balaban J connectivity index is 4.20. The van der Waals surface area contributed by atoms with Crippen LogP contribution in [0.3, 0.4) is 0 Å². The van der Waals surface area contributed by atoms with Gasteiger partial charge in [-0.15, -0.1) is 0 Å². The SMILES string of the molecule is CCCCCCCCCCCCCC/C=C\CCCCCCCCCCCC(=O)NC(COP(=O)([O-])OCC[N+](C)(C)C)C(O)/C=C/CCCCCCCCCCCCCCCCCC. The summed E-state index contributed by atoms with van der Waals surface area (Å²) in [6.07, 6.45) is 59.6. The van der Waals surface area contributed by atoms with E-state index in [1.165, 1.54) is 218 Å². The van der Waals surface area contributed by atoms with Crippen LogP contribution in [0.25, 0.3) is 0 Å². The van der Waals surface area contributed by atoms with Crippen molar-refractivity contribution in [2.75, 3.05) is 40.9 Å². The summed E-state index contributed by atoms with van der Waals surface area (Å²) in [5.41, 5.74) is 0. The first kappa shape index (κ1) is 64.0. The maximum Gasteiger partial charge on any atom is 0.268 e. The second-order valence-corrected chi connectivity index (χ2v) is 22.1. The van der Waals surface area contributed by atoms with Gasteiger partial charge in [-0.05, 0) is 44.9 Å². The fourth-order valence-electron chi connectivity index (χ4n) is 8.44. The zero-order valence-electron chi connectivity index (χ0n) is 44.0. The Hall–Kier alpha value is -1.02. The van der Waals surface area contributed by atoms with Gasteiger partial charge in [-0.1, -0.05) is 250 Å². The number of unbranched alkanes of at least 4 members (excludes halogenated alkanes) is 37. The molecule has 0 aromatic rings. The van der Waals surface area contributed by atoms with Crippen LogP contribution in [0.1, 0.15) is 277 Å². The van der Waals surface area contributed by atoms with Gasteiger partial charge in [0.1, 0.15) is 13.2 Å². The maximum absolute atomic E-state index is 12.9. The number of nitrogens with one attached hydrogen (secondary N) is 1. The van der Waals surface area contributed by atoms with E-state index in [1.807, 2.05) is 27.2 Å². The highest BCUT2D eigenvalue weighted by Crippen LogP contribution is 2.38. The molecule has 386 valence electrons. The van der Waals surface area contributed by atoms with Gasteiger partial charge in [0.2, 0.25) is 5.91 Å². The minimum Gasteiger partial charge on any atom is -0.756 e. The molecule has 0 aromatic heterocycles. The molecule has 0 aromatic carbocycles. The molecule has 0 aliphatic rings. The Morgan fingerprint density at radius 2 is 0.846 bits per heavy atom. The summed E-state index contributed by atoms with van der Waals surface area (Å²) in [5.74, 6) is -0.196. The Morgan fingerprint density at radius 3 is 1.20 bits per heavy atom. The molecule has 3 unspecified atom stereocenters. The minimum absolute atomic E-state index is 0.000252. The van der Waals surface area contributed by atoms with E-state index in [1.54, 1.807) is 6.08 Å². The summed E-state index contributed by atoms with van der Waals surface area (Å²) in [4.78, 5) is 25.5. The van der Waals surface area contributed by atoms with E-state index >= 15 is 0 Å². The number of hydrogen-bond donors (Lipinski definition) is 2. The van der Waals surface area contributed by atoms with Gasteiger partial charge in [-0.2, -0.15) is 0 Å². The van der Waals surface area contributed by atoms with Crippen molar-refractivity contribution in [2.45, 2.75) is 289 Å². The number of quaternary nitrogens is 1. The zero-order chi connectivity index (χ0) is 47.8. The first-order chi connectivity index (χ1) is 31.5. The van der Waals surface area contributed by atoms with E-state index in [2.05, 4.69) is 31.3 Å². The molecule has 3 atom stereocenters. The molecule has 0 aliphatic carbocycles. The van der Waals surface area contributed by atoms with Gasteiger partial charge < -0.3 is 28.8 Å². The lowest BCUT2D eigenvalue weighted by Crippen LogP contribution is -2.45. The number of likely N-dealkylation sites (N-methyl/N-ethyl adjacent to an activating group) is 1. The van der Waals surface area contributed by atoms with Crippen LogP contribution < -0.4 is 10.2 Å². The van der Waals surface area contributed by atoms with Crippen LogP contribution in [0.15, 0.2) is 24.3 Å². The van der Waals surface area contributed by atoms with Crippen LogP contribution in [0.5, 0.6) is 0 Å². The fourth-order valence-corrected chi connectivity index (χ4v) is 9.17. The normalized spacial score (nSPS) is 14.1. The highest BCUT2D eigenvalue weighted by atomic mass is 31.2. The predicted octanol–water partition coefficient (Wildman–Crippen LogP) is 16.2. The maximum atomic E-state index is 12.9.